The molecule has 1 atom stereocenters. The van der Waals surface area contributed by atoms with Gasteiger partial charge in [0.05, 0.1) is 5.71 Å². The molecule has 0 amide bonds. The van der Waals surface area contributed by atoms with E-state index in [2.05, 4.69) is 10.3 Å². The minimum atomic E-state index is -0.813. The van der Waals surface area contributed by atoms with Crippen LogP contribution in [-0.4, -0.2) is 36.9 Å². The second-order valence-electron chi connectivity index (χ2n) is 2.94. The SMILES string of the molecule is C/C=C1/CNCC(C(=O)O)/C1=N/C. The Labute approximate surface area is 77.4 Å². The third-order valence-electron chi connectivity index (χ3n) is 2.21. The lowest BCUT2D eigenvalue weighted by molar-refractivity contribution is -0.139. The number of hydrogen-bond acceptors (Lipinski definition) is 3. The van der Waals surface area contributed by atoms with Crippen molar-refractivity contribution in [1.82, 2.24) is 5.32 Å². The summed E-state index contributed by atoms with van der Waals surface area (Å²) in [5.74, 6) is -1.31. The van der Waals surface area contributed by atoms with Crippen molar-refractivity contribution < 1.29 is 9.90 Å². The zero-order valence-electron chi connectivity index (χ0n) is 7.87. The molecular formula is C9H14N2O2. The first kappa shape index (κ1) is 9.92. The fourth-order valence-electron chi connectivity index (χ4n) is 1.52. The van der Waals surface area contributed by atoms with Crippen molar-refractivity contribution in [2.24, 2.45) is 10.9 Å². The summed E-state index contributed by atoms with van der Waals surface area (Å²) in [6, 6.07) is 0. The van der Waals surface area contributed by atoms with Gasteiger partial charge in [0.15, 0.2) is 0 Å². The quantitative estimate of drug-likeness (QED) is 0.613. The van der Waals surface area contributed by atoms with Gasteiger partial charge in [-0.1, -0.05) is 6.08 Å². The van der Waals surface area contributed by atoms with Crippen LogP contribution in [0.15, 0.2) is 16.6 Å². The van der Waals surface area contributed by atoms with Crippen molar-refractivity contribution in [3.05, 3.63) is 11.6 Å². The number of allylic oxidation sites excluding steroid dienone is 1. The predicted octanol–water partition coefficient (Wildman–Crippen LogP) is 0.308. The number of carboxylic acid groups (broad SMARTS) is 1. The molecule has 0 aliphatic carbocycles. The smallest absolute Gasteiger partial charge is 0.313 e. The van der Waals surface area contributed by atoms with Crippen molar-refractivity contribution in [2.45, 2.75) is 6.92 Å². The van der Waals surface area contributed by atoms with E-state index in [1.807, 2.05) is 13.0 Å². The summed E-state index contributed by atoms with van der Waals surface area (Å²) < 4.78 is 0. The number of aliphatic carboxylic acids is 1. The monoisotopic (exact) mass is 182 g/mol. The van der Waals surface area contributed by atoms with Crippen molar-refractivity contribution >= 4 is 11.7 Å². The molecule has 0 bridgehead atoms. The first-order chi connectivity index (χ1) is 6.20. The molecule has 1 fully saturated rings. The molecule has 1 aliphatic rings. The van der Waals surface area contributed by atoms with E-state index in [4.69, 9.17) is 5.11 Å². The molecule has 72 valence electrons. The second kappa shape index (κ2) is 4.18. The minimum Gasteiger partial charge on any atom is -0.481 e. The Morgan fingerprint density at radius 2 is 2.46 bits per heavy atom. The van der Waals surface area contributed by atoms with E-state index >= 15 is 0 Å². The normalized spacial score (nSPS) is 29.5. The topological polar surface area (TPSA) is 61.7 Å². The van der Waals surface area contributed by atoms with Gasteiger partial charge in [-0.15, -0.1) is 0 Å². The number of nitrogens with zero attached hydrogens (tertiary/aromatic N) is 1. The van der Waals surface area contributed by atoms with Crippen LogP contribution in [0, 0.1) is 5.92 Å². The molecule has 4 heteroatoms. The third-order valence-corrected chi connectivity index (χ3v) is 2.21. The molecule has 0 aromatic carbocycles. The lowest BCUT2D eigenvalue weighted by Crippen LogP contribution is -2.43. The molecule has 4 nitrogen and oxygen atoms in total. The van der Waals surface area contributed by atoms with Gasteiger partial charge in [0, 0.05) is 20.1 Å². The highest BCUT2D eigenvalue weighted by Crippen LogP contribution is 2.13. The van der Waals surface area contributed by atoms with Crippen LogP contribution in [0.1, 0.15) is 6.92 Å². The summed E-state index contributed by atoms with van der Waals surface area (Å²) in [4.78, 5) is 14.9. The minimum absolute atomic E-state index is 0.472. The molecule has 1 heterocycles. The van der Waals surface area contributed by atoms with Crippen LogP contribution in [0.3, 0.4) is 0 Å². The summed E-state index contributed by atoms with van der Waals surface area (Å²) >= 11 is 0. The number of piperidine rings is 1. The Balaban J connectivity index is 2.93. The maximum absolute atomic E-state index is 10.8. The molecule has 1 rings (SSSR count). The van der Waals surface area contributed by atoms with Crippen LogP contribution < -0.4 is 5.32 Å². The Bertz CT molecular complexity index is 269. The largest absolute Gasteiger partial charge is 0.481 e. The van der Waals surface area contributed by atoms with Gasteiger partial charge in [-0.3, -0.25) is 9.79 Å². The molecule has 1 saturated heterocycles. The highest BCUT2D eigenvalue weighted by atomic mass is 16.4. The van der Waals surface area contributed by atoms with Crippen LogP contribution in [0.25, 0.3) is 0 Å². The summed E-state index contributed by atoms with van der Waals surface area (Å²) in [6.07, 6.45) is 1.91. The van der Waals surface area contributed by atoms with E-state index in [0.717, 1.165) is 5.57 Å². The fraction of sp³-hybridized carbons (Fsp3) is 0.556. The number of carbonyl (C=O) groups is 1. The molecule has 0 spiro atoms. The van der Waals surface area contributed by atoms with E-state index in [1.165, 1.54) is 0 Å². The van der Waals surface area contributed by atoms with Crippen molar-refractivity contribution in [2.75, 3.05) is 20.1 Å². The summed E-state index contributed by atoms with van der Waals surface area (Å²) in [5.41, 5.74) is 1.69. The maximum Gasteiger partial charge on any atom is 0.313 e. The summed E-state index contributed by atoms with van der Waals surface area (Å²) in [7, 11) is 1.64. The molecule has 0 saturated carbocycles. The Kier molecular flexibility index (Phi) is 3.19. The van der Waals surface area contributed by atoms with E-state index in [1.54, 1.807) is 7.05 Å². The fourth-order valence-corrected chi connectivity index (χ4v) is 1.52. The van der Waals surface area contributed by atoms with Crippen LogP contribution in [0.2, 0.25) is 0 Å². The van der Waals surface area contributed by atoms with E-state index in [0.29, 0.717) is 18.8 Å². The average molecular weight is 182 g/mol. The van der Waals surface area contributed by atoms with Crippen molar-refractivity contribution in [3.8, 4) is 0 Å². The van der Waals surface area contributed by atoms with Crippen molar-refractivity contribution in [1.29, 1.82) is 0 Å². The molecule has 13 heavy (non-hydrogen) atoms. The molecule has 0 aromatic rings. The van der Waals surface area contributed by atoms with E-state index in [-0.39, 0.29) is 0 Å². The van der Waals surface area contributed by atoms with E-state index < -0.39 is 11.9 Å². The van der Waals surface area contributed by atoms with Gasteiger partial charge in [0.2, 0.25) is 0 Å². The standard InChI is InChI=1S/C9H14N2O2/c1-3-6-4-11-5-7(9(12)13)8(6)10-2/h3,7,11H,4-5H2,1-2H3,(H,12,13)/b6-3-,10-8+. The van der Waals surface area contributed by atoms with Gasteiger partial charge >= 0.3 is 5.97 Å². The first-order valence-electron chi connectivity index (χ1n) is 4.26. The predicted molar refractivity (Wildman–Crippen MR) is 51.1 cm³/mol. The molecule has 2 N–H and O–H groups in total. The second-order valence-corrected chi connectivity index (χ2v) is 2.94. The van der Waals surface area contributed by atoms with Gasteiger partial charge in [0.25, 0.3) is 0 Å². The van der Waals surface area contributed by atoms with Crippen LogP contribution in [0.4, 0.5) is 0 Å². The van der Waals surface area contributed by atoms with Gasteiger partial charge < -0.3 is 10.4 Å². The summed E-state index contributed by atoms with van der Waals surface area (Å²) in [6.45, 7) is 3.08. The molecule has 0 aromatic heterocycles. The zero-order chi connectivity index (χ0) is 9.84. The summed E-state index contributed by atoms with van der Waals surface area (Å²) in [5, 5.41) is 12.0. The molecule has 1 unspecified atom stereocenters. The van der Waals surface area contributed by atoms with Crippen LogP contribution in [0.5, 0.6) is 0 Å². The Hall–Kier alpha value is -1.16. The maximum atomic E-state index is 10.8. The van der Waals surface area contributed by atoms with Crippen LogP contribution in [-0.2, 0) is 4.79 Å². The number of rotatable bonds is 1. The number of nitrogens with one attached hydrogen (secondary N) is 1. The number of carboxylic acids is 1. The highest BCUT2D eigenvalue weighted by Gasteiger charge is 2.28. The lowest BCUT2D eigenvalue weighted by atomic mass is 9.92. The molecule has 1 aliphatic heterocycles. The zero-order valence-corrected chi connectivity index (χ0v) is 7.87. The van der Waals surface area contributed by atoms with Gasteiger partial charge in [0.1, 0.15) is 5.92 Å². The Morgan fingerprint density at radius 3 is 2.92 bits per heavy atom. The van der Waals surface area contributed by atoms with Gasteiger partial charge in [-0.2, -0.15) is 0 Å². The average Bonchev–Trinajstić information content (AvgIpc) is 2.16. The van der Waals surface area contributed by atoms with Gasteiger partial charge in [-0.05, 0) is 12.5 Å². The Morgan fingerprint density at radius 1 is 1.77 bits per heavy atom. The van der Waals surface area contributed by atoms with Crippen molar-refractivity contribution in [3.63, 3.8) is 0 Å². The number of aliphatic imine (C=N–C) groups is 1. The highest BCUT2D eigenvalue weighted by molar-refractivity contribution is 6.12. The molecule has 0 radical (unpaired) electrons. The van der Waals surface area contributed by atoms with E-state index in [9.17, 15) is 4.79 Å². The first-order valence-corrected chi connectivity index (χ1v) is 4.26. The lowest BCUT2D eigenvalue weighted by Gasteiger charge is -2.24. The molecular weight excluding hydrogens is 168 g/mol. The number of hydrogen-bond donors (Lipinski definition) is 2. The van der Waals surface area contributed by atoms with Crippen LogP contribution >= 0.6 is 0 Å². The third kappa shape index (κ3) is 1.95. The van der Waals surface area contributed by atoms with Gasteiger partial charge in [-0.25, -0.2) is 0 Å².